The minimum atomic E-state index is 0.845. The van der Waals surface area contributed by atoms with Gasteiger partial charge in [0.05, 0.1) is 17.1 Å². The molecule has 0 atom stereocenters. The van der Waals surface area contributed by atoms with Crippen molar-refractivity contribution in [3.05, 3.63) is 35.4 Å². The van der Waals surface area contributed by atoms with Gasteiger partial charge in [-0.3, -0.25) is 5.10 Å². The van der Waals surface area contributed by atoms with Gasteiger partial charge in [-0.25, -0.2) is 0 Å². The van der Waals surface area contributed by atoms with Crippen LogP contribution in [-0.2, 0) is 13.1 Å². The zero-order valence-electron chi connectivity index (χ0n) is 10.7. The molecule has 0 aliphatic rings. The Labute approximate surface area is 102 Å². The summed E-state index contributed by atoms with van der Waals surface area (Å²) < 4.78 is 2.23. The number of rotatable bonds is 5. The van der Waals surface area contributed by atoms with E-state index in [1.807, 2.05) is 13.8 Å². The molecule has 0 aliphatic carbocycles. The maximum absolute atomic E-state index is 4.17. The molecule has 17 heavy (non-hydrogen) atoms. The van der Waals surface area contributed by atoms with Crippen LogP contribution in [0.25, 0.3) is 0 Å². The summed E-state index contributed by atoms with van der Waals surface area (Å²) in [5.41, 5.74) is 4.54. The summed E-state index contributed by atoms with van der Waals surface area (Å²) in [5.74, 6) is 0. The van der Waals surface area contributed by atoms with Gasteiger partial charge in [-0.1, -0.05) is 6.92 Å². The fraction of sp³-hybridized carbons (Fsp3) is 0.462. The topological polar surface area (TPSA) is 45.6 Å². The smallest absolute Gasteiger partial charge is 0.0825 e. The SMILES string of the molecule is CCCn1ccc(CNc2c(C)n[nH]c2C)c1. The van der Waals surface area contributed by atoms with E-state index in [1.165, 1.54) is 12.0 Å². The number of aryl methyl sites for hydroxylation is 3. The molecule has 0 fully saturated rings. The maximum Gasteiger partial charge on any atom is 0.0825 e. The van der Waals surface area contributed by atoms with Gasteiger partial charge in [0.1, 0.15) is 0 Å². The second-order valence-corrected chi connectivity index (χ2v) is 4.42. The number of aromatic amines is 1. The van der Waals surface area contributed by atoms with Crippen molar-refractivity contribution in [2.24, 2.45) is 0 Å². The highest BCUT2D eigenvalue weighted by molar-refractivity contribution is 5.51. The maximum atomic E-state index is 4.17. The van der Waals surface area contributed by atoms with Crippen molar-refractivity contribution in [3.8, 4) is 0 Å². The number of hydrogen-bond acceptors (Lipinski definition) is 2. The molecule has 0 spiro atoms. The average Bonchev–Trinajstić information content (AvgIpc) is 2.86. The lowest BCUT2D eigenvalue weighted by molar-refractivity contribution is 0.681. The van der Waals surface area contributed by atoms with Crippen molar-refractivity contribution in [1.82, 2.24) is 14.8 Å². The van der Waals surface area contributed by atoms with Crippen LogP contribution in [-0.4, -0.2) is 14.8 Å². The molecular formula is C13H20N4. The lowest BCUT2D eigenvalue weighted by Gasteiger charge is -2.04. The second kappa shape index (κ2) is 5.08. The van der Waals surface area contributed by atoms with Crippen LogP contribution in [0, 0.1) is 13.8 Å². The molecule has 0 unspecified atom stereocenters. The van der Waals surface area contributed by atoms with E-state index in [9.17, 15) is 0 Å². The molecular weight excluding hydrogens is 212 g/mol. The Hall–Kier alpha value is -1.71. The molecule has 0 aromatic carbocycles. The van der Waals surface area contributed by atoms with Crippen LogP contribution in [0.4, 0.5) is 5.69 Å². The van der Waals surface area contributed by atoms with Crippen molar-refractivity contribution in [1.29, 1.82) is 0 Å². The Kier molecular flexibility index (Phi) is 3.52. The first-order chi connectivity index (χ1) is 8.20. The number of aromatic nitrogens is 3. The Morgan fingerprint density at radius 2 is 2.24 bits per heavy atom. The van der Waals surface area contributed by atoms with Crippen molar-refractivity contribution in [2.75, 3.05) is 5.32 Å². The van der Waals surface area contributed by atoms with Gasteiger partial charge < -0.3 is 9.88 Å². The monoisotopic (exact) mass is 232 g/mol. The van der Waals surface area contributed by atoms with E-state index in [1.54, 1.807) is 0 Å². The molecule has 0 radical (unpaired) electrons. The van der Waals surface area contributed by atoms with Crippen LogP contribution in [0.3, 0.4) is 0 Å². The number of H-pyrrole nitrogens is 1. The second-order valence-electron chi connectivity index (χ2n) is 4.42. The molecule has 0 amide bonds. The van der Waals surface area contributed by atoms with Gasteiger partial charge in [0.25, 0.3) is 0 Å². The van der Waals surface area contributed by atoms with E-state index in [0.29, 0.717) is 0 Å². The molecule has 2 heterocycles. The first-order valence-electron chi connectivity index (χ1n) is 6.10. The lowest BCUT2D eigenvalue weighted by Crippen LogP contribution is -2.00. The van der Waals surface area contributed by atoms with Gasteiger partial charge in [-0.05, 0) is 31.9 Å². The molecule has 2 aromatic rings. The van der Waals surface area contributed by atoms with E-state index in [2.05, 4.69) is 45.5 Å². The molecule has 4 nitrogen and oxygen atoms in total. The molecule has 2 rings (SSSR count). The van der Waals surface area contributed by atoms with Gasteiger partial charge in [0.2, 0.25) is 0 Å². The molecule has 2 aromatic heterocycles. The standard InChI is InChI=1S/C13H20N4/c1-4-6-17-7-5-12(9-17)8-14-13-10(2)15-16-11(13)3/h5,7,9,14H,4,6,8H2,1-3H3,(H,15,16). The van der Waals surface area contributed by atoms with Gasteiger partial charge in [0, 0.05) is 25.5 Å². The van der Waals surface area contributed by atoms with Crippen molar-refractivity contribution in [2.45, 2.75) is 40.3 Å². The zero-order chi connectivity index (χ0) is 12.3. The van der Waals surface area contributed by atoms with Gasteiger partial charge in [-0.2, -0.15) is 5.10 Å². The Morgan fingerprint density at radius 3 is 2.88 bits per heavy atom. The highest BCUT2D eigenvalue weighted by atomic mass is 15.1. The van der Waals surface area contributed by atoms with E-state index in [-0.39, 0.29) is 0 Å². The van der Waals surface area contributed by atoms with Gasteiger partial charge in [0.15, 0.2) is 0 Å². The quantitative estimate of drug-likeness (QED) is 0.832. The first kappa shape index (κ1) is 11.8. The highest BCUT2D eigenvalue weighted by Gasteiger charge is 2.05. The van der Waals surface area contributed by atoms with E-state index in [0.717, 1.165) is 30.2 Å². The first-order valence-corrected chi connectivity index (χ1v) is 6.10. The van der Waals surface area contributed by atoms with Crippen LogP contribution >= 0.6 is 0 Å². The van der Waals surface area contributed by atoms with Gasteiger partial charge in [-0.15, -0.1) is 0 Å². The molecule has 92 valence electrons. The Bertz CT molecular complexity index is 462. The third-order valence-electron chi connectivity index (χ3n) is 2.89. The predicted octanol–water partition coefficient (Wildman–Crippen LogP) is 2.85. The zero-order valence-corrected chi connectivity index (χ0v) is 10.7. The molecule has 4 heteroatoms. The molecule has 0 saturated carbocycles. The van der Waals surface area contributed by atoms with Crippen molar-refractivity contribution >= 4 is 5.69 Å². The summed E-state index contributed by atoms with van der Waals surface area (Å²) in [4.78, 5) is 0. The number of hydrogen-bond donors (Lipinski definition) is 2. The summed E-state index contributed by atoms with van der Waals surface area (Å²) in [6.45, 7) is 8.16. The fourth-order valence-electron chi connectivity index (χ4n) is 1.99. The van der Waals surface area contributed by atoms with E-state index < -0.39 is 0 Å². The summed E-state index contributed by atoms with van der Waals surface area (Å²) in [6.07, 6.45) is 5.50. The van der Waals surface area contributed by atoms with Crippen LogP contribution in [0.2, 0.25) is 0 Å². The number of anilines is 1. The molecule has 0 bridgehead atoms. The minimum absolute atomic E-state index is 0.845. The summed E-state index contributed by atoms with van der Waals surface area (Å²) in [6, 6.07) is 2.16. The summed E-state index contributed by atoms with van der Waals surface area (Å²) in [7, 11) is 0. The molecule has 0 saturated heterocycles. The Morgan fingerprint density at radius 1 is 1.41 bits per heavy atom. The minimum Gasteiger partial charge on any atom is -0.378 e. The highest BCUT2D eigenvalue weighted by Crippen LogP contribution is 2.17. The Balaban J connectivity index is 1.97. The summed E-state index contributed by atoms with van der Waals surface area (Å²) in [5, 5.41) is 10.6. The van der Waals surface area contributed by atoms with Crippen molar-refractivity contribution in [3.63, 3.8) is 0 Å². The normalized spacial score (nSPS) is 10.8. The third-order valence-corrected chi connectivity index (χ3v) is 2.89. The largest absolute Gasteiger partial charge is 0.378 e. The summed E-state index contributed by atoms with van der Waals surface area (Å²) >= 11 is 0. The van der Waals surface area contributed by atoms with E-state index in [4.69, 9.17) is 0 Å². The van der Waals surface area contributed by atoms with E-state index >= 15 is 0 Å². The third kappa shape index (κ3) is 2.70. The van der Waals surface area contributed by atoms with Gasteiger partial charge >= 0.3 is 0 Å². The van der Waals surface area contributed by atoms with Crippen molar-refractivity contribution < 1.29 is 0 Å². The van der Waals surface area contributed by atoms with Crippen LogP contribution in [0.5, 0.6) is 0 Å². The lowest BCUT2D eigenvalue weighted by atomic mass is 10.3. The average molecular weight is 232 g/mol. The molecule has 2 N–H and O–H groups in total. The van der Waals surface area contributed by atoms with Crippen LogP contribution in [0.15, 0.2) is 18.5 Å². The van der Waals surface area contributed by atoms with Crippen LogP contribution < -0.4 is 5.32 Å². The molecule has 0 aliphatic heterocycles. The number of nitrogens with zero attached hydrogens (tertiary/aromatic N) is 2. The predicted molar refractivity (Wildman–Crippen MR) is 70.1 cm³/mol. The fourth-order valence-corrected chi connectivity index (χ4v) is 1.99. The number of nitrogens with one attached hydrogen (secondary N) is 2. The van der Waals surface area contributed by atoms with Crippen LogP contribution in [0.1, 0.15) is 30.3 Å².